The predicted octanol–water partition coefficient (Wildman–Crippen LogP) is 4.86. The van der Waals surface area contributed by atoms with Gasteiger partial charge in [0.1, 0.15) is 0 Å². The minimum Gasteiger partial charge on any atom is -0.326 e. The first-order chi connectivity index (χ1) is 11.4. The Morgan fingerprint density at radius 2 is 1.25 bits per heavy atom. The molecular formula is C17H13Cl3N2O2. The molecule has 0 spiro atoms. The highest BCUT2D eigenvalue weighted by Crippen LogP contribution is 2.40. The van der Waals surface area contributed by atoms with E-state index < -0.39 is 0 Å². The smallest absolute Gasteiger partial charge is 0.228 e. The van der Waals surface area contributed by atoms with E-state index in [1.54, 1.807) is 42.5 Å². The molecule has 1 saturated carbocycles. The summed E-state index contributed by atoms with van der Waals surface area (Å²) in [6.45, 7) is 0. The molecule has 1 aliphatic rings. The lowest BCUT2D eigenvalue weighted by atomic mass is 10.2. The molecule has 0 heterocycles. The second-order valence-electron chi connectivity index (χ2n) is 5.59. The van der Waals surface area contributed by atoms with E-state index in [2.05, 4.69) is 10.6 Å². The average Bonchev–Trinajstić information content (AvgIpc) is 3.29. The minimum atomic E-state index is -0.352. The number of nitrogens with one attached hydrogen (secondary N) is 2. The zero-order valence-electron chi connectivity index (χ0n) is 12.4. The Hall–Kier alpha value is -1.75. The largest absolute Gasteiger partial charge is 0.326 e. The second-order valence-corrected chi connectivity index (χ2v) is 6.90. The molecule has 2 atom stereocenters. The van der Waals surface area contributed by atoms with Gasteiger partial charge in [-0.3, -0.25) is 9.59 Å². The number of carbonyl (C=O) groups is 2. The zero-order chi connectivity index (χ0) is 17.3. The summed E-state index contributed by atoms with van der Waals surface area (Å²) < 4.78 is 0. The molecule has 24 heavy (non-hydrogen) atoms. The molecule has 124 valence electrons. The third kappa shape index (κ3) is 4.20. The van der Waals surface area contributed by atoms with Crippen LogP contribution in [-0.2, 0) is 9.59 Å². The minimum absolute atomic E-state index is 0.179. The number of amides is 2. The predicted molar refractivity (Wildman–Crippen MR) is 96.8 cm³/mol. The molecular weight excluding hydrogens is 371 g/mol. The average molecular weight is 384 g/mol. The van der Waals surface area contributed by atoms with Crippen molar-refractivity contribution in [2.45, 2.75) is 6.42 Å². The monoisotopic (exact) mass is 382 g/mol. The maximum Gasteiger partial charge on any atom is 0.228 e. The lowest BCUT2D eigenvalue weighted by Gasteiger charge is -2.07. The molecule has 4 nitrogen and oxygen atoms in total. The second kappa shape index (κ2) is 7.01. The molecule has 2 amide bonds. The van der Waals surface area contributed by atoms with E-state index in [-0.39, 0.29) is 23.7 Å². The highest BCUT2D eigenvalue weighted by molar-refractivity contribution is 6.35. The van der Waals surface area contributed by atoms with Gasteiger partial charge in [0, 0.05) is 26.4 Å². The summed E-state index contributed by atoms with van der Waals surface area (Å²) in [6, 6.07) is 11.6. The van der Waals surface area contributed by atoms with Gasteiger partial charge in [-0.15, -0.1) is 0 Å². The Morgan fingerprint density at radius 1 is 0.750 bits per heavy atom. The summed E-state index contributed by atoms with van der Waals surface area (Å²) in [5.41, 5.74) is 1.17. The number of anilines is 2. The van der Waals surface area contributed by atoms with Crippen LogP contribution in [0, 0.1) is 11.8 Å². The van der Waals surface area contributed by atoms with Crippen molar-refractivity contribution < 1.29 is 9.59 Å². The molecule has 1 fully saturated rings. The van der Waals surface area contributed by atoms with Crippen LogP contribution in [0.3, 0.4) is 0 Å². The highest BCUT2D eigenvalue weighted by atomic mass is 35.5. The summed E-state index contributed by atoms with van der Waals surface area (Å²) >= 11 is 17.6. The molecule has 1 aliphatic carbocycles. The number of halogens is 3. The van der Waals surface area contributed by atoms with Crippen molar-refractivity contribution >= 4 is 58.0 Å². The highest BCUT2D eigenvalue weighted by Gasteiger charge is 2.48. The molecule has 0 saturated heterocycles. The Kier molecular flexibility index (Phi) is 4.99. The van der Waals surface area contributed by atoms with Crippen LogP contribution in [0.2, 0.25) is 15.1 Å². The first-order valence-electron chi connectivity index (χ1n) is 7.26. The molecule has 0 aromatic heterocycles. The first kappa shape index (κ1) is 17.1. The number of rotatable bonds is 4. The number of hydrogen-bond donors (Lipinski definition) is 2. The molecule has 0 radical (unpaired) electrons. The fraction of sp³-hybridized carbons (Fsp3) is 0.176. The summed E-state index contributed by atoms with van der Waals surface area (Å²) in [5.74, 6) is -1.09. The van der Waals surface area contributed by atoms with Crippen LogP contribution in [0.15, 0.2) is 42.5 Å². The quantitative estimate of drug-likeness (QED) is 0.792. The van der Waals surface area contributed by atoms with Crippen LogP contribution in [0.1, 0.15) is 6.42 Å². The van der Waals surface area contributed by atoms with E-state index in [1.165, 1.54) is 0 Å². The number of hydrogen-bond acceptors (Lipinski definition) is 2. The Morgan fingerprint density at radius 3 is 1.79 bits per heavy atom. The van der Waals surface area contributed by atoms with Gasteiger partial charge in [0.25, 0.3) is 0 Å². The number of benzene rings is 2. The van der Waals surface area contributed by atoms with Crippen LogP contribution < -0.4 is 10.6 Å². The molecule has 2 aromatic carbocycles. The summed E-state index contributed by atoms with van der Waals surface area (Å²) in [6.07, 6.45) is 0.513. The van der Waals surface area contributed by atoms with Crippen molar-refractivity contribution in [3.8, 4) is 0 Å². The molecule has 7 heteroatoms. The van der Waals surface area contributed by atoms with Crippen molar-refractivity contribution in [1.82, 2.24) is 0 Å². The molecule has 0 bridgehead atoms. The lowest BCUT2D eigenvalue weighted by Crippen LogP contribution is -2.20. The Bertz CT molecular complexity index is 773. The van der Waals surface area contributed by atoms with E-state index in [9.17, 15) is 9.59 Å². The first-order valence-corrected chi connectivity index (χ1v) is 8.39. The van der Waals surface area contributed by atoms with Gasteiger partial charge >= 0.3 is 0 Å². The molecule has 2 N–H and O–H groups in total. The van der Waals surface area contributed by atoms with Crippen LogP contribution in [0.25, 0.3) is 0 Å². The van der Waals surface area contributed by atoms with Crippen molar-refractivity contribution in [3.63, 3.8) is 0 Å². The third-order valence-corrected chi connectivity index (χ3v) is 4.39. The molecule has 0 aliphatic heterocycles. The van der Waals surface area contributed by atoms with Gasteiger partial charge < -0.3 is 10.6 Å². The van der Waals surface area contributed by atoms with E-state index in [4.69, 9.17) is 34.8 Å². The molecule has 2 unspecified atom stereocenters. The standard InChI is InChI=1S/C17H13Cl3N2O2/c18-9-1-3-12(4-2-9)21-16(23)14-8-15(14)17(24)22-13-6-10(19)5-11(20)7-13/h1-7,14-15H,8H2,(H,21,23)(H,22,24). The van der Waals surface area contributed by atoms with E-state index in [0.29, 0.717) is 32.9 Å². The summed E-state index contributed by atoms with van der Waals surface area (Å²) in [5, 5.41) is 6.98. The van der Waals surface area contributed by atoms with Gasteiger partial charge in [0.15, 0.2) is 0 Å². The van der Waals surface area contributed by atoms with Crippen LogP contribution in [-0.4, -0.2) is 11.8 Å². The zero-order valence-corrected chi connectivity index (χ0v) is 14.6. The lowest BCUT2D eigenvalue weighted by molar-refractivity contribution is -0.122. The van der Waals surface area contributed by atoms with E-state index in [0.717, 1.165) is 0 Å². The third-order valence-electron chi connectivity index (χ3n) is 3.71. The fourth-order valence-electron chi connectivity index (χ4n) is 2.40. The van der Waals surface area contributed by atoms with Crippen molar-refractivity contribution in [1.29, 1.82) is 0 Å². The van der Waals surface area contributed by atoms with Crippen molar-refractivity contribution in [2.24, 2.45) is 11.8 Å². The summed E-state index contributed by atoms with van der Waals surface area (Å²) in [7, 11) is 0. The van der Waals surface area contributed by atoms with Crippen molar-refractivity contribution in [2.75, 3.05) is 10.6 Å². The van der Waals surface area contributed by atoms with Gasteiger partial charge in [0.05, 0.1) is 11.8 Å². The van der Waals surface area contributed by atoms with Crippen LogP contribution in [0.4, 0.5) is 11.4 Å². The SMILES string of the molecule is O=C(Nc1ccc(Cl)cc1)C1CC1C(=O)Nc1cc(Cl)cc(Cl)c1. The van der Waals surface area contributed by atoms with Gasteiger partial charge in [0.2, 0.25) is 11.8 Å². The fourth-order valence-corrected chi connectivity index (χ4v) is 3.06. The van der Waals surface area contributed by atoms with E-state index in [1.807, 2.05) is 0 Å². The Labute approximate surface area is 154 Å². The van der Waals surface area contributed by atoms with Crippen LogP contribution >= 0.6 is 34.8 Å². The summed E-state index contributed by atoms with van der Waals surface area (Å²) in [4.78, 5) is 24.4. The van der Waals surface area contributed by atoms with Gasteiger partial charge in [-0.1, -0.05) is 34.8 Å². The molecule has 2 aromatic rings. The maximum atomic E-state index is 12.2. The van der Waals surface area contributed by atoms with Gasteiger partial charge in [-0.25, -0.2) is 0 Å². The normalized spacial score (nSPS) is 18.8. The van der Waals surface area contributed by atoms with Gasteiger partial charge in [-0.05, 0) is 48.9 Å². The van der Waals surface area contributed by atoms with Gasteiger partial charge in [-0.2, -0.15) is 0 Å². The van der Waals surface area contributed by atoms with E-state index >= 15 is 0 Å². The molecule has 3 rings (SSSR count). The Balaban J connectivity index is 1.56. The topological polar surface area (TPSA) is 58.2 Å². The maximum absolute atomic E-state index is 12.2. The number of carbonyl (C=O) groups excluding carboxylic acids is 2. The van der Waals surface area contributed by atoms with Crippen LogP contribution in [0.5, 0.6) is 0 Å². The van der Waals surface area contributed by atoms with Crippen molar-refractivity contribution in [3.05, 3.63) is 57.5 Å².